The summed E-state index contributed by atoms with van der Waals surface area (Å²) in [6.45, 7) is 4.07. The van der Waals surface area contributed by atoms with Crippen LogP contribution in [0.1, 0.15) is 28.9 Å². The topological polar surface area (TPSA) is 132 Å². The molecular formula is C15H19N5O5. The molecule has 25 heavy (non-hydrogen) atoms. The third kappa shape index (κ3) is 4.43. The molecule has 0 aliphatic rings. The first kappa shape index (κ1) is 18.2. The number of carbonyl (C=O) groups excluding carboxylic acids is 1. The predicted molar refractivity (Wildman–Crippen MR) is 88.0 cm³/mol. The van der Waals surface area contributed by atoms with E-state index in [0.717, 1.165) is 0 Å². The van der Waals surface area contributed by atoms with Crippen molar-refractivity contribution in [3.63, 3.8) is 0 Å². The van der Waals surface area contributed by atoms with E-state index in [4.69, 9.17) is 9.47 Å². The van der Waals surface area contributed by atoms with Gasteiger partial charge in [0.05, 0.1) is 24.7 Å². The summed E-state index contributed by atoms with van der Waals surface area (Å²) < 4.78 is 10.5. The number of nitrogens with one attached hydrogen (secondary N) is 2. The van der Waals surface area contributed by atoms with Gasteiger partial charge < -0.3 is 14.8 Å². The van der Waals surface area contributed by atoms with E-state index in [0.29, 0.717) is 24.7 Å². The van der Waals surface area contributed by atoms with E-state index < -0.39 is 10.8 Å². The molecule has 1 heterocycles. The zero-order valence-electron chi connectivity index (χ0n) is 14.2. The minimum atomic E-state index is -0.629. The molecule has 1 aromatic heterocycles. The Morgan fingerprint density at radius 1 is 1.40 bits per heavy atom. The van der Waals surface area contributed by atoms with Gasteiger partial charge in [-0.15, -0.1) is 0 Å². The lowest BCUT2D eigenvalue weighted by Gasteiger charge is -2.11. The highest BCUT2D eigenvalue weighted by Crippen LogP contribution is 2.34. The molecule has 0 spiro atoms. The second-order valence-electron chi connectivity index (χ2n) is 5.05. The first-order valence-electron chi connectivity index (χ1n) is 7.61. The maximum absolute atomic E-state index is 12.3. The van der Waals surface area contributed by atoms with Crippen LogP contribution in [0.15, 0.2) is 12.1 Å². The van der Waals surface area contributed by atoms with E-state index in [1.54, 1.807) is 13.8 Å². The highest BCUT2D eigenvalue weighted by molar-refractivity contribution is 5.99. The standard InChI is InChI=1S/C15H19N5O5/c1-4-25-13-8-11(20(22)23)10(7-12(13)24-3)15(21)16-6-5-14-17-9(2)18-19-14/h7-8H,4-6H2,1-3H3,(H,16,21)(H,17,18,19). The molecule has 10 heteroatoms. The molecule has 0 radical (unpaired) electrons. The van der Waals surface area contributed by atoms with Crippen molar-refractivity contribution in [2.24, 2.45) is 0 Å². The Morgan fingerprint density at radius 2 is 2.16 bits per heavy atom. The highest BCUT2D eigenvalue weighted by Gasteiger charge is 2.24. The van der Waals surface area contributed by atoms with Gasteiger partial charge in [-0.25, -0.2) is 4.98 Å². The Bertz CT molecular complexity index is 774. The zero-order chi connectivity index (χ0) is 18.4. The van der Waals surface area contributed by atoms with E-state index in [1.807, 2.05) is 0 Å². The van der Waals surface area contributed by atoms with Gasteiger partial charge in [0.15, 0.2) is 17.3 Å². The van der Waals surface area contributed by atoms with Crippen LogP contribution in [0.5, 0.6) is 11.5 Å². The van der Waals surface area contributed by atoms with Crippen LogP contribution in [0.2, 0.25) is 0 Å². The summed E-state index contributed by atoms with van der Waals surface area (Å²) in [6, 6.07) is 2.49. The van der Waals surface area contributed by atoms with Gasteiger partial charge >= 0.3 is 0 Å². The van der Waals surface area contributed by atoms with Gasteiger partial charge in [0.1, 0.15) is 11.4 Å². The van der Waals surface area contributed by atoms with Crippen LogP contribution in [0, 0.1) is 17.0 Å². The van der Waals surface area contributed by atoms with E-state index in [-0.39, 0.29) is 29.3 Å². The number of nitro benzene ring substituents is 1. The number of methoxy groups -OCH3 is 1. The number of hydrogen-bond donors (Lipinski definition) is 2. The number of aromatic nitrogens is 3. The molecule has 0 saturated carbocycles. The van der Waals surface area contributed by atoms with Gasteiger partial charge in [-0.1, -0.05) is 0 Å². The molecule has 2 aromatic rings. The Balaban J connectivity index is 2.17. The Kier molecular flexibility index (Phi) is 5.88. The molecule has 0 aliphatic carbocycles. The van der Waals surface area contributed by atoms with Crippen molar-refractivity contribution in [2.45, 2.75) is 20.3 Å². The third-order valence-electron chi connectivity index (χ3n) is 3.30. The van der Waals surface area contributed by atoms with Crippen LogP contribution < -0.4 is 14.8 Å². The number of carbonyl (C=O) groups is 1. The molecule has 0 fully saturated rings. The lowest BCUT2D eigenvalue weighted by atomic mass is 10.1. The number of amides is 1. The quantitative estimate of drug-likeness (QED) is 0.543. The van der Waals surface area contributed by atoms with Crippen LogP contribution in [-0.2, 0) is 6.42 Å². The fourth-order valence-electron chi connectivity index (χ4n) is 2.19. The Morgan fingerprint density at radius 3 is 2.72 bits per heavy atom. The van der Waals surface area contributed by atoms with Crippen molar-refractivity contribution in [3.05, 3.63) is 39.5 Å². The largest absolute Gasteiger partial charge is 0.493 e. The fourth-order valence-corrected chi connectivity index (χ4v) is 2.19. The van der Waals surface area contributed by atoms with Crippen molar-refractivity contribution in [1.82, 2.24) is 20.5 Å². The molecule has 0 bridgehead atoms. The molecule has 10 nitrogen and oxygen atoms in total. The number of nitro groups is 1. The minimum Gasteiger partial charge on any atom is -0.493 e. The molecule has 2 rings (SSSR count). The number of nitrogens with zero attached hydrogens (tertiary/aromatic N) is 3. The van der Waals surface area contributed by atoms with Crippen molar-refractivity contribution >= 4 is 11.6 Å². The number of H-pyrrole nitrogens is 1. The van der Waals surface area contributed by atoms with E-state index in [1.165, 1.54) is 19.2 Å². The smallest absolute Gasteiger partial charge is 0.286 e. The molecule has 0 unspecified atom stereocenters. The Labute approximate surface area is 143 Å². The average Bonchev–Trinajstić information content (AvgIpc) is 2.99. The molecule has 2 N–H and O–H groups in total. The van der Waals surface area contributed by atoms with Crippen molar-refractivity contribution < 1.29 is 19.2 Å². The fraction of sp³-hybridized carbons (Fsp3) is 0.400. The van der Waals surface area contributed by atoms with Crippen LogP contribution in [-0.4, -0.2) is 46.3 Å². The maximum Gasteiger partial charge on any atom is 0.286 e. The summed E-state index contributed by atoms with van der Waals surface area (Å²) in [4.78, 5) is 27.1. The number of aromatic amines is 1. The lowest BCUT2D eigenvalue weighted by molar-refractivity contribution is -0.385. The number of rotatable bonds is 8. The first-order chi connectivity index (χ1) is 12.0. The number of hydrogen-bond acceptors (Lipinski definition) is 7. The van der Waals surface area contributed by atoms with Gasteiger partial charge in [-0.05, 0) is 13.8 Å². The van der Waals surface area contributed by atoms with E-state index in [9.17, 15) is 14.9 Å². The predicted octanol–water partition coefficient (Wildman–Crippen LogP) is 1.40. The van der Waals surface area contributed by atoms with E-state index >= 15 is 0 Å². The SMILES string of the molecule is CCOc1cc([N+](=O)[O-])c(C(=O)NCCc2n[nH]c(C)n2)cc1OC. The van der Waals surface area contributed by atoms with Gasteiger partial charge in [0.2, 0.25) is 0 Å². The molecule has 1 amide bonds. The monoisotopic (exact) mass is 349 g/mol. The van der Waals surface area contributed by atoms with Crippen LogP contribution >= 0.6 is 0 Å². The second kappa shape index (κ2) is 8.08. The molecule has 0 atom stereocenters. The third-order valence-corrected chi connectivity index (χ3v) is 3.30. The minimum absolute atomic E-state index is 0.100. The summed E-state index contributed by atoms with van der Waals surface area (Å²) in [5.41, 5.74) is -0.452. The van der Waals surface area contributed by atoms with E-state index in [2.05, 4.69) is 20.5 Å². The summed E-state index contributed by atoms with van der Waals surface area (Å²) in [6.07, 6.45) is 0.401. The number of aryl methyl sites for hydroxylation is 1. The summed E-state index contributed by atoms with van der Waals surface area (Å²) in [5.74, 6) is 1.11. The molecule has 0 aliphatic heterocycles. The zero-order valence-corrected chi connectivity index (χ0v) is 14.2. The van der Waals surface area contributed by atoms with Gasteiger partial charge in [0, 0.05) is 19.0 Å². The molecule has 1 aromatic carbocycles. The van der Waals surface area contributed by atoms with Gasteiger partial charge in [0.25, 0.3) is 11.6 Å². The summed E-state index contributed by atoms with van der Waals surface area (Å²) in [7, 11) is 1.40. The van der Waals surface area contributed by atoms with Crippen LogP contribution in [0.3, 0.4) is 0 Å². The molecule has 0 saturated heterocycles. The van der Waals surface area contributed by atoms with Gasteiger partial charge in [-0.2, -0.15) is 5.10 Å². The summed E-state index contributed by atoms with van der Waals surface area (Å²) >= 11 is 0. The van der Waals surface area contributed by atoms with Crippen LogP contribution in [0.25, 0.3) is 0 Å². The lowest BCUT2D eigenvalue weighted by Crippen LogP contribution is -2.26. The summed E-state index contributed by atoms with van der Waals surface area (Å²) in [5, 5.41) is 20.6. The van der Waals surface area contributed by atoms with Crippen molar-refractivity contribution in [1.29, 1.82) is 0 Å². The first-order valence-corrected chi connectivity index (χ1v) is 7.61. The number of benzene rings is 1. The Hall–Kier alpha value is -3.17. The number of ether oxygens (including phenoxy) is 2. The normalized spacial score (nSPS) is 10.4. The average molecular weight is 349 g/mol. The molecular weight excluding hydrogens is 330 g/mol. The van der Waals surface area contributed by atoms with Gasteiger partial charge in [-0.3, -0.25) is 20.0 Å². The highest BCUT2D eigenvalue weighted by atomic mass is 16.6. The molecule has 134 valence electrons. The van der Waals surface area contributed by atoms with Crippen molar-refractivity contribution in [2.75, 3.05) is 20.3 Å². The maximum atomic E-state index is 12.3. The van der Waals surface area contributed by atoms with Crippen molar-refractivity contribution in [3.8, 4) is 11.5 Å². The van der Waals surface area contributed by atoms with Crippen LogP contribution in [0.4, 0.5) is 5.69 Å². The second-order valence-corrected chi connectivity index (χ2v) is 5.05.